The van der Waals surface area contributed by atoms with E-state index >= 15 is 0 Å². The van der Waals surface area contributed by atoms with Crippen molar-refractivity contribution in [3.63, 3.8) is 0 Å². The Hall–Kier alpha value is -2.90. The maximum absolute atomic E-state index is 12.9. The molecule has 1 fully saturated rings. The molecule has 0 bridgehead atoms. The van der Waals surface area contributed by atoms with Crippen LogP contribution in [0.15, 0.2) is 42.6 Å². The van der Waals surface area contributed by atoms with E-state index in [1.54, 1.807) is 13.3 Å². The van der Waals surface area contributed by atoms with Gasteiger partial charge in [-0.3, -0.25) is 9.78 Å². The van der Waals surface area contributed by atoms with Crippen molar-refractivity contribution < 1.29 is 14.3 Å². The molecule has 3 aromatic heterocycles. The second kappa shape index (κ2) is 7.17. The number of fused-ring (bicyclic) bond motifs is 2. The molecule has 1 aliphatic rings. The quantitative estimate of drug-likeness (QED) is 0.531. The second-order valence-electron chi connectivity index (χ2n) is 7.34. The second-order valence-corrected chi connectivity index (χ2v) is 8.39. The summed E-state index contributed by atoms with van der Waals surface area (Å²) in [5.74, 6) is 1.50. The topological polar surface area (TPSA) is 67.4 Å². The largest absolute Gasteiger partial charge is 0.456 e. The number of hydrogen-bond acceptors (Lipinski definition) is 5. The van der Waals surface area contributed by atoms with E-state index in [4.69, 9.17) is 9.47 Å². The first kappa shape index (κ1) is 18.1. The van der Waals surface area contributed by atoms with E-state index < -0.39 is 0 Å². The van der Waals surface area contributed by atoms with Crippen molar-refractivity contribution in [2.45, 2.75) is 19.4 Å². The molecule has 0 radical (unpaired) electrons. The number of hydrogen-bond donors (Lipinski definition) is 1. The molecule has 1 N–H and O–H groups in total. The van der Waals surface area contributed by atoms with E-state index in [-0.39, 0.29) is 12.0 Å². The third kappa shape index (κ3) is 3.36. The van der Waals surface area contributed by atoms with Crippen LogP contribution in [0.25, 0.3) is 21.1 Å². The standard InChI is InChI=1S/C22H21N3O3S/c1-13-9-14-10-15(3-4-17(14)24-13)28-19-5-7-23-18-11-20(29-21(18)19)22(26)25-8-6-16(12-25)27-2/h3-5,7,9-11,16,24H,6,8,12H2,1-2H3. The van der Waals surface area contributed by atoms with E-state index in [2.05, 4.69) is 16.0 Å². The van der Waals surface area contributed by atoms with E-state index in [0.717, 1.165) is 45.5 Å². The number of aromatic amines is 1. The lowest BCUT2D eigenvalue weighted by Crippen LogP contribution is -2.29. The van der Waals surface area contributed by atoms with Gasteiger partial charge in [0.15, 0.2) is 0 Å². The van der Waals surface area contributed by atoms with Crippen molar-refractivity contribution in [2.75, 3.05) is 20.2 Å². The third-order valence-electron chi connectivity index (χ3n) is 5.31. The SMILES string of the molecule is COC1CCN(C(=O)c2cc3nccc(Oc4ccc5[nH]c(C)cc5c4)c3s2)C1. The molecule has 0 saturated carbocycles. The number of likely N-dealkylation sites (tertiary alicyclic amines) is 1. The van der Waals surface area contributed by atoms with Crippen LogP contribution in [0, 0.1) is 6.92 Å². The van der Waals surface area contributed by atoms with Gasteiger partial charge in [0, 0.05) is 49.1 Å². The molecule has 29 heavy (non-hydrogen) atoms. The fourth-order valence-electron chi connectivity index (χ4n) is 3.81. The molecule has 148 valence electrons. The minimum absolute atomic E-state index is 0.0303. The van der Waals surface area contributed by atoms with Gasteiger partial charge in [0.25, 0.3) is 5.91 Å². The highest BCUT2D eigenvalue weighted by Crippen LogP contribution is 2.36. The summed E-state index contributed by atoms with van der Waals surface area (Å²) >= 11 is 1.43. The number of rotatable bonds is 4. The van der Waals surface area contributed by atoms with Gasteiger partial charge in [0.2, 0.25) is 0 Å². The molecule has 1 aliphatic heterocycles. The van der Waals surface area contributed by atoms with Gasteiger partial charge in [0.05, 0.1) is 21.2 Å². The predicted octanol–water partition coefficient (Wildman–Crippen LogP) is 4.74. The molecule has 6 nitrogen and oxygen atoms in total. The van der Waals surface area contributed by atoms with Crippen LogP contribution in [0.1, 0.15) is 21.8 Å². The van der Waals surface area contributed by atoms with Crippen LogP contribution in [-0.2, 0) is 4.74 Å². The molecule has 0 spiro atoms. The fraction of sp³-hybridized carbons (Fsp3) is 0.273. The van der Waals surface area contributed by atoms with Crippen molar-refractivity contribution in [2.24, 2.45) is 0 Å². The van der Waals surface area contributed by atoms with Crippen molar-refractivity contribution in [3.8, 4) is 11.5 Å². The van der Waals surface area contributed by atoms with Gasteiger partial charge in [-0.1, -0.05) is 0 Å². The Bertz CT molecular complexity index is 1210. The van der Waals surface area contributed by atoms with Crippen molar-refractivity contribution >= 4 is 38.4 Å². The van der Waals surface area contributed by atoms with Crippen molar-refractivity contribution in [3.05, 3.63) is 53.2 Å². The van der Waals surface area contributed by atoms with Gasteiger partial charge < -0.3 is 19.4 Å². The van der Waals surface area contributed by atoms with Gasteiger partial charge in [-0.25, -0.2) is 0 Å². The number of thiophene rings is 1. The van der Waals surface area contributed by atoms with Gasteiger partial charge in [-0.15, -0.1) is 11.3 Å². The molecule has 7 heteroatoms. The zero-order valence-electron chi connectivity index (χ0n) is 16.3. The Balaban J connectivity index is 1.44. The summed E-state index contributed by atoms with van der Waals surface area (Å²) < 4.78 is 12.4. The van der Waals surface area contributed by atoms with E-state index in [0.29, 0.717) is 17.2 Å². The Kier molecular flexibility index (Phi) is 4.49. The van der Waals surface area contributed by atoms with Crippen LogP contribution in [-0.4, -0.2) is 47.1 Å². The summed E-state index contributed by atoms with van der Waals surface area (Å²) in [5, 5.41) is 1.11. The Morgan fingerprint density at radius 3 is 3.00 bits per heavy atom. The zero-order chi connectivity index (χ0) is 20.0. The average Bonchev–Trinajstić information content (AvgIpc) is 3.44. The molecule has 1 saturated heterocycles. The lowest BCUT2D eigenvalue weighted by atomic mass is 10.2. The number of nitrogens with zero attached hydrogens (tertiary/aromatic N) is 2. The Morgan fingerprint density at radius 1 is 1.28 bits per heavy atom. The number of benzene rings is 1. The number of carbonyl (C=O) groups is 1. The first-order valence-corrected chi connectivity index (χ1v) is 10.4. The number of H-pyrrole nitrogens is 1. The Morgan fingerprint density at radius 2 is 2.17 bits per heavy atom. The third-order valence-corrected chi connectivity index (χ3v) is 6.43. The lowest BCUT2D eigenvalue weighted by molar-refractivity contribution is 0.0728. The monoisotopic (exact) mass is 407 g/mol. The smallest absolute Gasteiger partial charge is 0.264 e. The normalized spacial score (nSPS) is 16.8. The first-order chi connectivity index (χ1) is 14.1. The van der Waals surface area contributed by atoms with Gasteiger partial charge in [-0.2, -0.15) is 0 Å². The molecule has 1 unspecified atom stereocenters. The summed E-state index contributed by atoms with van der Waals surface area (Å²) in [7, 11) is 1.69. The van der Waals surface area contributed by atoms with Crippen LogP contribution < -0.4 is 4.74 Å². The van der Waals surface area contributed by atoms with Gasteiger partial charge >= 0.3 is 0 Å². The highest BCUT2D eigenvalue weighted by Gasteiger charge is 2.28. The summed E-state index contributed by atoms with van der Waals surface area (Å²) in [5.41, 5.74) is 2.97. The molecular weight excluding hydrogens is 386 g/mol. The molecule has 4 aromatic rings. The van der Waals surface area contributed by atoms with Gasteiger partial charge in [0.1, 0.15) is 11.5 Å². The van der Waals surface area contributed by atoms with Crippen molar-refractivity contribution in [1.82, 2.24) is 14.9 Å². The van der Waals surface area contributed by atoms with E-state index in [9.17, 15) is 4.79 Å². The number of aryl methyl sites for hydroxylation is 1. The highest BCUT2D eigenvalue weighted by atomic mass is 32.1. The molecule has 0 aliphatic carbocycles. The van der Waals surface area contributed by atoms with E-state index in [1.807, 2.05) is 42.2 Å². The minimum atomic E-state index is 0.0303. The molecule has 5 rings (SSSR count). The number of methoxy groups -OCH3 is 1. The predicted molar refractivity (Wildman–Crippen MR) is 114 cm³/mol. The summed E-state index contributed by atoms with van der Waals surface area (Å²) in [4.78, 5) is 23.2. The molecule has 1 amide bonds. The number of amides is 1. The average molecular weight is 407 g/mol. The van der Waals surface area contributed by atoms with Crippen LogP contribution in [0.3, 0.4) is 0 Å². The lowest BCUT2D eigenvalue weighted by Gasteiger charge is -2.14. The fourth-order valence-corrected chi connectivity index (χ4v) is 4.84. The number of ether oxygens (including phenoxy) is 2. The molecule has 1 atom stereocenters. The molecule has 4 heterocycles. The first-order valence-electron chi connectivity index (χ1n) is 9.58. The highest BCUT2D eigenvalue weighted by molar-refractivity contribution is 7.21. The van der Waals surface area contributed by atoms with Gasteiger partial charge in [-0.05, 0) is 43.7 Å². The summed E-state index contributed by atoms with van der Waals surface area (Å²) in [6, 6.07) is 11.8. The maximum Gasteiger partial charge on any atom is 0.264 e. The van der Waals surface area contributed by atoms with Crippen LogP contribution in [0.4, 0.5) is 0 Å². The van der Waals surface area contributed by atoms with Crippen molar-refractivity contribution in [1.29, 1.82) is 0 Å². The summed E-state index contributed by atoms with van der Waals surface area (Å²) in [6.45, 7) is 3.39. The number of carbonyl (C=O) groups excluding carboxylic acids is 1. The number of aromatic nitrogens is 2. The number of nitrogens with one attached hydrogen (secondary N) is 1. The zero-order valence-corrected chi connectivity index (χ0v) is 17.1. The van der Waals surface area contributed by atoms with Crippen LogP contribution in [0.2, 0.25) is 0 Å². The van der Waals surface area contributed by atoms with E-state index in [1.165, 1.54) is 11.3 Å². The van der Waals surface area contributed by atoms with Crippen LogP contribution in [0.5, 0.6) is 11.5 Å². The number of pyridine rings is 1. The summed E-state index contributed by atoms with van der Waals surface area (Å²) in [6.07, 6.45) is 2.72. The minimum Gasteiger partial charge on any atom is -0.456 e. The molecular formula is C22H21N3O3S. The maximum atomic E-state index is 12.9. The van der Waals surface area contributed by atoms with Crippen LogP contribution >= 0.6 is 11.3 Å². The molecule has 1 aromatic carbocycles. The Labute approximate surface area is 172 Å².